The second-order valence-electron chi connectivity index (χ2n) is 4.63. The summed E-state index contributed by atoms with van der Waals surface area (Å²) in [6.07, 6.45) is 1.72. The average molecular weight is 292 g/mol. The van der Waals surface area contributed by atoms with Crippen LogP contribution in [0.3, 0.4) is 0 Å². The Morgan fingerprint density at radius 2 is 1.81 bits per heavy atom. The van der Waals surface area contributed by atoms with E-state index in [9.17, 15) is 8.78 Å². The molecule has 1 aromatic heterocycles. The molecule has 0 atom stereocenters. The number of nitrogens with one attached hydrogen (secondary N) is 1. The highest BCUT2D eigenvalue weighted by molar-refractivity contribution is 5.41. The van der Waals surface area contributed by atoms with Gasteiger partial charge in [0.2, 0.25) is 0 Å². The topological polar surface area (TPSA) is 34.2 Å². The number of hydrogen-bond donors (Lipinski definition) is 1. The van der Waals surface area contributed by atoms with E-state index < -0.39 is 11.6 Å². The summed E-state index contributed by atoms with van der Waals surface area (Å²) >= 11 is 0. The van der Waals surface area contributed by atoms with Crippen LogP contribution in [0, 0.1) is 11.6 Å². The SMILES string of the molecule is CCCNc1nc(Oc2ccc(CC)cc2)c(F)cc1F. The fraction of sp³-hybridized carbons (Fsp3) is 0.312. The molecule has 0 aliphatic carbocycles. The van der Waals surface area contributed by atoms with Crippen molar-refractivity contribution in [1.29, 1.82) is 0 Å². The van der Waals surface area contributed by atoms with Crippen LogP contribution in [-0.2, 0) is 6.42 Å². The van der Waals surface area contributed by atoms with Gasteiger partial charge in [-0.3, -0.25) is 0 Å². The number of halogens is 2. The van der Waals surface area contributed by atoms with Gasteiger partial charge in [-0.05, 0) is 30.5 Å². The molecule has 0 saturated heterocycles. The molecule has 1 aromatic carbocycles. The third kappa shape index (κ3) is 3.90. The molecule has 0 bridgehead atoms. The van der Waals surface area contributed by atoms with Gasteiger partial charge in [-0.25, -0.2) is 8.78 Å². The lowest BCUT2D eigenvalue weighted by molar-refractivity contribution is 0.418. The van der Waals surface area contributed by atoms with Crippen LogP contribution in [0.4, 0.5) is 14.6 Å². The Morgan fingerprint density at radius 1 is 1.10 bits per heavy atom. The van der Waals surface area contributed by atoms with Crippen molar-refractivity contribution < 1.29 is 13.5 Å². The van der Waals surface area contributed by atoms with E-state index in [4.69, 9.17) is 4.74 Å². The number of pyridine rings is 1. The maximum absolute atomic E-state index is 13.7. The monoisotopic (exact) mass is 292 g/mol. The van der Waals surface area contributed by atoms with Gasteiger partial charge in [0.25, 0.3) is 5.88 Å². The molecule has 0 fully saturated rings. The number of hydrogen-bond acceptors (Lipinski definition) is 3. The molecule has 0 unspecified atom stereocenters. The highest BCUT2D eigenvalue weighted by atomic mass is 19.1. The zero-order chi connectivity index (χ0) is 15.2. The summed E-state index contributed by atoms with van der Waals surface area (Å²) in [6, 6.07) is 8.05. The normalized spacial score (nSPS) is 10.5. The van der Waals surface area contributed by atoms with Gasteiger partial charge in [0.05, 0.1) is 0 Å². The summed E-state index contributed by atoms with van der Waals surface area (Å²) < 4.78 is 32.7. The van der Waals surface area contributed by atoms with Crippen LogP contribution in [0.5, 0.6) is 11.6 Å². The van der Waals surface area contributed by atoms with Crippen LogP contribution in [-0.4, -0.2) is 11.5 Å². The molecule has 0 aliphatic rings. The standard InChI is InChI=1S/C16H18F2N2O/c1-3-9-19-15-13(17)10-14(18)16(20-15)21-12-7-5-11(4-2)6-8-12/h5-8,10H,3-4,9H2,1-2H3,(H,19,20). The number of nitrogens with zero attached hydrogens (tertiary/aromatic N) is 1. The molecule has 0 aliphatic heterocycles. The number of anilines is 1. The zero-order valence-corrected chi connectivity index (χ0v) is 12.1. The van der Waals surface area contributed by atoms with Gasteiger partial charge in [0.1, 0.15) is 5.75 Å². The van der Waals surface area contributed by atoms with Crippen LogP contribution < -0.4 is 10.1 Å². The smallest absolute Gasteiger partial charge is 0.258 e. The Hall–Kier alpha value is -2.17. The average Bonchev–Trinajstić information content (AvgIpc) is 2.49. The maximum Gasteiger partial charge on any atom is 0.258 e. The van der Waals surface area contributed by atoms with Gasteiger partial charge < -0.3 is 10.1 Å². The molecule has 2 rings (SSSR count). The van der Waals surface area contributed by atoms with Crippen molar-refractivity contribution in [3.05, 3.63) is 47.5 Å². The molecule has 5 heteroatoms. The van der Waals surface area contributed by atoms with Crippen molar-refractivity contribution in [2.24, 2.45) is 0 Å². The first-order valence-electron chi connectivity index (χ1n) is 7.00. The van der Waals surface area contributed by atoms with Crippen LogP contribution in [0.25, 0.3) is 0 Å². The highest BCUT2D eigenvalue weighted by Gasteiger charge is 2.13. The Morgan fingerprint density at radius 3 is 2.43 bits per heavy atom. The molecule has 112 valence electrons. The minimum Gasteiger partial charge on any atom is -0.436 e. The highest BCUT2D eigenvalue weighted by Crippen LogP contribution is 2.26. The molecule has 3 nitrogen and oxygen atoms in total. The van der Waals surface area contributed by atoms with Crippen molar-refractivity contribution >= 4 is 5.82 Å². The number of ether oxygens (including phenoxy) is 1. The molecule has 1 heterocycles. The van der Waals surface area contributed by atoms with Crippen LogP contribution in [0.15, 0.2) is 30.3 Å². The number of aromatic nitrogens is 1. The molecule has 0 radical (unpaired) electrons. The first kappa shape index (κ1) is 15.2. The van der Waals surface area contributed by atoms with Gasteiger partial charge in [-0.2, -0.15) is 4.98 Å². The maximum atomic E-state index is 13.7. The Bertz CT molecular complexity index is 600. The third-order valence-electron chi connectivity index (χ3n) is 2.99. The largest absolute Gasteiger partial charge is 0.436 e. The van der Waals surface area contributed by atoms with Gasteiger partial charge in [0.15, 0.2) is 17.5 Å². The molecule has 1 N–H and O–H groups in total. The van der Waals surface area contributed by atoms with Crippen LogP contribution >= 0.6 is 0 Å². The fourth-order valence-electron chi connectivity index (χ4n) is 1.79. The summed E-state index contributed by atoms with van der Waals surface area (Å²) in [7, 11) is 0. The van der Waals surface area contributed by atoms with E-state index in [1.807, 2.05) is 26.0 Å². The first-order valence-corrected chi connectivity index (χ1v) is 7.00. The second-order valence-corrected chi connectivity index (χ2v) is 4.63. The number of rotatable bonds is 6. The summed E-state index contributed by atoms with van der Waals surface area (Å²) in [5.41, 5.74) is 1.15. The predicted molar refractivity (Wildman–Crippen MR) is 78.8 cm³/mol. The predicted octanol–water partition coefficient (Wildman–Crippen LogP) is 4.54. The molecule has 0 amide bonds. The molecule has 0 spiro atoms. The van der Waals surface area contributed by atoms with Crippen LogP contribution in [0.2, 0.25) is 0 Å². The molecule has 21 heavy (non-hydrogen) atoms. The lowest BCUT2D eigenvalue weighted by atomic mass is 10.2. The molecule has 0 saturated carbocycles. The zero-order valence-electron chi connectivity index (χ0n) is 12.1. The van der Waals surface area contributed by atoms with Crippen molar-refractivity contribution in [3.63, 3.8) is 0 Å². The summed E-state index contributed by atoms with van der Waals surface area (Å²) in [4.78, 5) is 3.86. The van der Waals surface area contributed by atoms with Crippen molar-refractivity contribution in [3.8, 4) is 11.6 Å². The minimum atomic E-state index is -0.825. The van der Waals surface area contributed by atoms with E-state index in [-0.39, 0.29) is 11.7 Å². The minimum absolute atomic E-state index is 0.00146. The van der Waals surface area contributed by atoms with Gasteiger partial charge in [0, 0.05) is 12.6 Å². The van der Waals surface area contributed by atoms with Crippen LogP contribution in [0.1, 0.15) is 25.8 Å². The number of aryl methyl sites for hydroxylation is 1. The van der Waals surface area contributed by atoms with Gasteiger partial charge in [-0.1, -0.05) is 26.0 Å². The van der Waals surface area contributed by atoms with Gasteiger partial charge in [-0.15, -0.1) is 0 Å². The van der Waals surface area contributed by atoms with E-state index in [0.29, 0.717) is 12.3 Å². The van der Waals surface area contributed by atoms with E-state index in [1.54, 1.807) is 12.1 Å². The van der Waals surface area contributed by atoms with Crippen molar-refractivity contribution in [2.75, 3.05) is 11.9 Å². The van der Waals surface area contributed by atoms with E-state index in [2.05, 4.69) is 10.3 Å². The Labute approximate surface area is 123 Å². The molecular weight excluding hydrogens is 274 g/mol. The van der Waals surface area contributed by atoms with Gasteiger partial charge >= 0.3 is 0 Å². The quantitative estimate of drug-likeness (QED) is 0.849. The second kappa shape index (κ2) is 7.02. The fourth-order valence-corrected chi connectivity index (χ4v) is 1.79. The van der Waals surface area contributed by atoms with Crippen molar-refractivity contribution in [2.45, 2.75) is 26.7 Å². The van der Waals surface area contributed by atoms with E-state index in [1.165, 1.54) is 0 Å². The number of benzene rings is 1. The molecule has 2 aromatic rings. The lowest BCUT2D eigenvalue weighted by Gasteiger charge is -2.10. The first-order chi connectivity index (χ1) is 10.1. The third-order valence-corrected chi connectivity index (χ3v) is 2.99. The summed E-state index contributed by atoms with van der Waals surface area (Å²) in [6.45, 7) is 4.55. The van der Waals surface area contributed by atoms with Crippen molar-refractivity contribution in [1.82, 2.24) is 4.98 Å². The Balaban J connectivity index is 2.21. The van der Waals surface area contributed by atoms with E-state index >= 15 is 0 Å². The molecular formula is C16H18F2N2O. The lowest BCUT2D eigenvalue weighted by Crippen LogP contribution is -2.06. The summed E-state index contributed by atoms with van der Waals surface area (Å²) in [5, 5.41) is 2.80. The summed E-state index contributed by atoms with van der Waals surface area (Å²) in [5.74, 6) is -1.33. The van der Waals surface area contributed by atoms with E-state index in [0.717, 1.165) is 24.5 Å². The Kier molecular flexibility index (Phi) is 5.09.